The van der Waals surface area contributed by atoms with Crippen molar-refractivity contribution in [3.8, 4) is 11.3 Å². The van der Waals surface area contributed by atoms with Crippen molar-refractivity contribution in [1.82, 2.24) is 9.97 Å². The van der Waals surface area contributed by atoms with Crippen LogP contribution in [-0.2, 0) is 4.74 Å². The largest absolute Gasteiger partial charge is 0.383 e. The summed E-state index contributed by atoms with van der Waals surface area (Å²) in [4.78, 5) is 11.3. The molecule has 0 fully saturated rings. The van der Waals surface area contributed by atoms with Gasteiger partial charge in [-0.15, -0.1) is 0 Å². The Balaban J connectivity index is 1.87. The molecule has 0 saturated heterocycles. The van der Waals surface area contributed by atoms with Gasteiger partial charge in [0.05, 0.1) is 12.3 Å². The molecule has 0 radical (unpaired) electrons. The van der Waals surface area contributed by atoms with Crippen molar-refractivity contribution in [3.05, 3.63) is 60.7 Å². The van der Waals surface area contributed by atoms with E-state index in [1.807, 2.05) is 62.6 Å². The van der Waals surface area contributed by atoms with Crippen molar-refractivity contribution >= 4 is 23.1 Å². The predicted octanol–water partition coefficient (Wildman–Crippen LogP) is 4.01. The molecule has 1 aromatic heterocycles. The van der Waals surface area contributed by atoms with E-state index >= 15 is 0 Å². The summed E-state index contributed by atoms with van der Waals surface area (Å²) in [6.07, 6.45) is 0. The Kier molecular flexibility index (Phi) is 6.22. The lowest BCUT2D eigenvalue weighted by Gasteiger charge is -2.14. The molecular formula is C21H25N5O. The Morgan fingerprint density at radius 2 is 1.70 bits per heavy atom. The van der Waals surface area contributed by atoms with E-state index in [9.17, 15) is 0 Å². The minimum atomic E-state index is 0.550. The molecule has 0 amide bonds. The van der Waals surface area contributed by atoms with Crippen LogP contribution in [-0.4, -0.2) is 44.3 Å². The van der Waals surface area contributed by atoms with E-state index in [0.29, 0.717) is 19.1 Å². The average Bonchev–Trinajstić information content (AvgIpc) is 2.69. The predicted molar refractivity (Wildman–Crippen MR) is 112 cm³/mol. The van der Waals surface area contributed by atoms with E-state index in [2.05, 4.69) is 37.6 Å². The zero-order valence-electron chi connectivity index (χ0n) is 15.9. The van der Waals surface area contributed by atoms with Crippen LogP contribution in [0.1, 0.15) is 0 Å². The minimum absolute atomic E-state index is 0.550. The lowest BCUT2D eigenvalue weighted by atomic mass is 10.1. The van der Waals surface area contributed by atoms with Gasteiger partial charge < -0.3 is 20.3 Å². The van der Waals surface area contributed by atoms with Gasteiger partial charge in [0.25, 0.3) is 0 Å². The van der Waals surface area contributed by atoms with E-state index in [-0.39, 0.29) is 0 Å². The van der Waals surface area contributed by atoms with Crippen LogP contribution in [0.15, 0.2) is 60.7 Å². The SMILES string of the molecule is COCCNc1cc(-c2ccccc2)nc(Nc2ccc(N(C)C)cc2)n1. The van der Waals surface area contributed by atoms with Gasteiger partial charge in [-0.1, -0.05) is 30.3 Å². The molecule has 0 unspecified atom stereocenters. The highest BCUT2D eigenvalue weighted by Gasteiger charge is 2.07. The first-order chi connectivity index (χ1) is 13.2. The first kappa shape index (κ1) is 18.7. The van der Waals surface area contributed by atoms with Crippen molar-refractivity contribution in [3.63, 3.8) is 0 Å². The number of anilines is 4. The third-order valence-electron chi connectivity index (χ3n) is 4.05. The highest BCUT2D eigenvalue weighted by atomic mass is 16.5. The van der Waals surface area contributed by atoms with Crippen LogP contribution in [0.5, 0.6) is 0 Å². The number of nitrogens with zero attached hydrogens (tertiary/aromatic N) is 3. The maximum atomic E-state index is 5.11. The van der Waals surface area contributed by atoms with Gasteiger partial charge in [0.1, 0.15) is 5.82 Å². The van der Waals surface area contributed by atoms with Crippen LogP contribution >= 0.6 is 0 Å². The van der Waals surface area contributed by atoms with Gasteiger partial charge >= 0.3 is 0 Å². The number of ether oxygens (including phenoxy) is 1. The molecule has 27 heavy (non-hydrogen) atoms. The Hall–Kier alpha value is -3.12. The van der Waals surface area contributed by atoms with Gasteiger partial charge in [0.2, 0.25) is 5.95 Å². The summed E-state index contributed by atoms with van der Waals surface area (Å²) in [5.41, 5.74) is 3.98. The summed E-state index contributed by atoms with van der Waals surface area (Å²) in [5.74, 6) is 1.31. The quantitative estimate of drug-likeness (QED) is 0.590. The van der Waals surface area contributed by atoms with Gasteiger partial charge in [-0.3, -0.25) is 0 Å². The van der Waals surface area contributed by atoms with Crippen molar-refractivity contribution in [2.75, 3.05) is 49.9 Å². The molecular weight excluding hydrogens is 338 g/mol. The van der Waals surface area contributed by atoms with E-state index in [1.54, 1.807) is 7.11 Å². The second-order valence-electron chi connectivity index (χ2n) is 6.31. The normalized spacial score (nSPS) is 10.5. The Morgan fingerprint density at radius 3 is 2.37 bits per heavy atom. The summed E-state index contributed by atoms with van der Waals surface area (Å²) in [6, 6.07) is 20.2. The molecule has 1 heterocycles. The molecule has 2 N–H and O–H groups in total. The van der Waals surface area contributed by atoms with Crippen LogP contribution in [0.3, 0.4) is 0 Å². The van der Waals surface area contributed by atoms with E-state index in [0.717, 1.165) is 28.5 Å². The number of hydrogen-bond acceptors (Lipinski definition) is 6. The first-order valence-corrected chi connectivity index (χ1v) is 8.87. The van der Waals surface area contributed by atoms with Gasteiger partial charge in [0, 0.05) is 50.8 Å². The third kappa shape index (κ3) is 5.18. The Bertz CT molecular complexity index is 850. The number of methoxy groups -OCH3 is 1. The smallest absolute Gasteiger partial charge is 0.229 e. The zero-order valence-corrected chi connectivity index (χ0v) is 15.9. The summed E-state index contributed by atoms with van der Waals surface area (Å²) in [6.45, 7) is 1.29. The lowest BCUT2D eigenvalue weighted by molar-refractivity contribution is 0.210. The van der Waals surface area contributed by atoms with Crippen molar-refractivity contribution in [1.29, 1.82) is 0 Å². The van der Waals surface area contributed by atoms with E-state index in [4.69, 9.17) is 4.74 Å². The first-order valence-electron chi connectivity index (χ1n) is 8.87. The van der Waals surface area contributed by atoms with Crippen molar-refractivity contribution in [2.45, 2.75) is 0 Å². The number of nitrogens with one attached hydrogen (secondary N) is 2. The number of rotatable bonds is 8. The average molecular weight is 363 g/mol. The van der Waals surface area contributed by atoms with Crippen LogP contribution in [0, 0.1) is 0 Å². The molecule has 6 nitrogen and oxygen atoms in total. The molecule has 3 rings (SSSR count). The second-order valence-corrected chi connectivity index (χ2v) is 6.31. The molecule has 0 aliphatic carbocycles. The minimum Gasteiger partial charge on any atom is -0.383 e. The molecule has 0 aliphatic heterocycles. The van der Waals surface area contributed by atoms with Crippen LogP contribution in [0.4, 0.5) is 23.1 Å². The van der Waals surface area contributed by atoms with Crippen molar-refractivity contribution in [2.24, 2.45) is 0 Å². The van der Waals surface area contributed by atoms with Gasteiger partial charge in [-0.25, -0.2) is 4.98 Å². The number of hydrogen-bond donors (Lipinski definition) is 2. The van der Waals surface area contributed by atoms with Crippen LogP contribution < -0.4 is 15.5 Å². The van der Waals surface area contributed by atoms with Crippen molar-refractivity contribution < 1.29 is 4.74 Å². The van der Waals surface area contributed by atoms with Crippen LogP contribution in [0.25, 0.3) is 11.3 Å². The Labute approximate surface area is 160 Å². The van der Waals surface area contributed by atoms with Gasteiger partial charge in [-0.05, 0) is 24.3 Å². The summed E-state index contributed by atoms with van der Waals surface area (Å²) < 4.78 is 5.11. The fraction of sp³-hybridized carbons (Fsp3) is 0.238. The maximum Gasteiger partial charge on any atom is 0.229 e. The standard InChI is InChI=1S/C21H25N5O/c1-26(2)18-11-9-17(10-12-18)23-21-24-19(16-7-5-4-6-8-16)15-20(25-21)22-13-14-27-3/h4-12,15H,13-14H2,1-3H3,(H2,22,23,24,25). The van der Waals surface area contributed by atoms with E-state index < -0.39 is 0 Å². The summed E-state index contributed by atoms with van der Waals surface area (Å²) in [5, 5.41) is 6.58. The molecule has 0 spiro atoms. The zero-order chi connectivity index (χ0) is 19.1. The van der Waals surface area contributed by atoms with Crippen LogP contribution in [0.2, 0.25) is 0 Å². The molecule has 0 atom stereocenters. The molecule has 3 aromatic rings. The Morgan fingerprint density at radius 1 is 0.963 bits per heavy atom. The fourth-order valence-corrected chi connectivity index (χ4v) is 2.60. The second kappa shape index (κ2) is 9.00. The molecule has 0 saturated carbocycles. The summed E-state index contributed by atoms with van der Waals surface area (Å²) in [7, 11) is 5.72. The summed E-state index contributed by atoms with van der Waals surface area (Å²) >= 11 is 0. The molecule has 0 bridgehead atoms. The molecule has 140 valence electrons. The molecule has 6 heteroatoms. The monoisotopic (exact) mass is 363 g/mol. The topological polar surface area (TPSA) is 62.3 Å². The van der Waals surface area contributed by atoms with Gasteiger partial charge in [0.15, 0.2) is 0 Å². The molecule has 2 aromatic carbocycles. The highest BCUT2D eigenvalue weighted by molar-refractivity contribution is 5.66. The number of aromatic nitrogens is 2. The fourth-order valence-electron chi connectivity index (χ4n) is 2.60. The van der Waals surface area contributed by atoms with E-state index in [1.165, 1.54) is 0 Å². The third-order valence-corrected chi connectivity index (χ3v) is 4.05. The molecule has 0 aliphatic rings. The maximum absolute atomic E-state index is 5.11. The lowest BCUT2D eigenvalue weighted by Crippen LogP contribution is -2.10. The highest BCUT2D eigenvalue weighted by Crippen LogP contribution is 2.24. The van der Waals surface area contributed by atoms with Gasteiger partial charge in [-0.2, -0.15) is 4.98 Å². The number of benzene rings is 2.